The summed E-state index contributed by atoms with van der Waals surface area (Å²) in [5.41, 5.74) is 1.58. The minimum absolute atomic E-state index is 0.0422. The molecule has 0 bridgehead atoms. The molecule has 128 valence electrons. The second-order valence-electron chi connectivity index (χ2n) is 5.51. The Morgan fingerprint density at radius 1 is 1.00 bits per heavy atom. The number of halogens is 3. The number of alkyl halides is 1. The van der Waals surface area contributed by atoms with E-state index in [1.807, 2.05) is 12.1 Å². The molecular formula is C18H13Cl3N2O2. The van der Waals surface area contributed by atoms with Gasteiger partial charge in [-0.05, 0) is 29.3 Å². The van der Waals surface area contributed by atoms with Crippen LogP contribution in [0.2, 0.25) is 10.0 Å². The molecule has 0 radical (unpaired) electrons. The van der Waals surface area contributed by atoms with E-state index in [1.165, 1.54) is 0 Å². The van der Waals surface area contributed by atoms with E-state index in [1.54, 1.807) is 36.4 Å². The third kappa shape index (κ3) is 3.87. The summed E-state index contributed by atoms with van der Waals surface area (Å²) in [4.78, 5) is 30.2. The lowest BCUT2D eigenvalue weighted by molar-refractivity contribution is -0.137. The molecule has 1 heterocycles. The van der Waals surface area contributed by atoms with E-state index in [0.29, 0.717) is 10.0 Å². The van der Waals surface area contributed by atoms with Crippen molar-refractivity contribution in [2.24, 2.45) is 4.99 Å². The molecule has 0 saturated carbocycles. The van der Waals surface area contributed by atoms with Crippen LogP contribution in [0.1, 0.15) is 11.1 Å². The highest BCUT2D eigenvalue weighted by molar-refractivity contribution is 6.63. The molecule has 4 nitrogen and oxygen atoms in total. The first-order chi connectivity index (χ1) is 12.0. The van der Waals surface area contributed by atoms with E-state index < -0.39 is 17.2 Å². The Bertz CT molecular complexity index is 850. The summed E-state index contributed by atoms with van der Waals surface area (Å²) < 4.78 is 0. The van der Waals surface area contributed by atoms with Gasteiger partial charge in [-0.15, -0.1) is 11.6 Å². The molecule has 1 aliphatic heterocycles. The van der Waals surface area contributed by atoms with Gasteiger partial charge in [0, 0.05) is 10.0 Å². The number of aliphatic imine (C=N–C) groups is 1. The van der Waals surface area contributed by atoms with Crippen molar-refractivity contribution >= 4 is 52.3 Å². The van der Waals surface area contributed by atoms with Crippen molar-refractivity contribution in [3.05, 3.63) is 69.7 Å². The summed E-state index contributed by atoms with van der Waals surface area (Å²) in [6, 6.07) is 14.1. The standard InChI is InChI=1S/C18H13Cl3N2O2/c19-13-7-5-11(6-8-13)10-23-17(24)15(21)16(18(23)25)22-9-12-3-1-2-4-14(12)20/h1-8,15H,9-10H2. The number of benzene rings is 2. The van der Waals surface area contributed by atoms with E-state index in [4.69, 9.17) is 34.8 Å². The number of amides is 2. The average molecular weight is 396 g/mol. The van der Waals surface area contributed by atoms with Gasteiger partial charge in [0.15, 0.2) is 5.38 Å². The lowest BCUT2D eigenvalue weighted by Gasteiger charge is -2.13. The van der Waals surface area contributed by atoms with Crippen LogP contribution in [0.25, 0.3) is 0 Å². The van der Waals surface area contributed by atoms with Crippen LogP contribution >= 0.6 is 34.8 Å². The van der Waals surface area contributed by atoms with Crippen LogP contribution in [0, 0.1) is 0 Å². The molecular weight excluding hydrogens is 383 g/mol. The summed E-state index contributed by atoms with van der Waals surface area (Å²) in [6.45, 7) is 0.315. The minimum Gasteiger partial charge on any atom is -0.277 e. The van der Waals surface area contributed by atoms with E-state index in [2.05, 4.69) is 4.99 Å². The molecule has 0 aromatic heterocycles. The third-order valence-corrected chi connectivity index (χ3v) is 4.83. The summed E-state index contributed by atoms with van der Waals surface area (Å²) in [5, 5.41) is 0.0510. The second-order valence-corrected chi connectivity index (χ2v) is 6.79. The smallest absolute Gasteiger partial charge is 0.276 e. The molecule has 0 N–H and O–H groups in total. The van der Waals surface area contributed by atoms with Gasteiger partial charge in [-0.25, -0.2) is 0 Å². The topological polar surface area (TPSA) is 49.7 Å². The molecule has 25 heavy (non-hydrogen) atoms. The number of hydrogen-bond donors (Lipinski definition) is 0. The monoisotopic (exact) mass is 394 g/mol. The molecule has 3 rings (SSSR count). The van der Waals surface area contributed by atoms with Crippen molar-refractivity contribution in [2.45, 2.75) is 18.5 Å². The predicted molar refractivity (Wildman–Crippen MR) is 99.2 cm³/mol. The lowest BCUT2D eigenvalue weighted by Crippen LogP contribution is -2.30. The maximum absolute atomic E-state index is 12.5. The lowest BCUT2D eigenvalue weighted by atomic mass is 10.2. The Morgan fingerprint density at radius 2 is 1.68 bits per heavy atom. The number of likely N-dealkylation sites (tertiary alicyclic amines) is 1. The molecule has 1 aliphatic rings. The molecule has 2 aromatic rings. The van der Waals surface area contributed by atoms with E-state index in [9.17, 15) is 9.59 Å². The summed E-state index contributed by atoms with van der Waals surface area (Å²) in [7, 11) is 0. The van der Waals surface area contributed by atoms with E-state index in [0.717, 1.165) is 16.0 Å². The molecule has 2 aromatic carbocycles. The van der Waals surface area contributed by atoms with Gasteiger partial charge in [-0.3, -0.25) is 19.5 Å². The molecule has 2 amide bonds. The van der Waals surface area contributed by atoms with Gasteiger partial charge in [0.05, 0.1) is 13.1 Å². The van der Waals surface area contributed by atoms with Crippen molar-refractivity contribution in [3.63, 3.8) is 0 Å². The third-order valence-electron chi connectivity index (χ3n) is 3.82. The van der Waals surface area contributed by atoms with Crippen molar-refractivity contribution in [3.8, 4) is 0 Å². The number of rotatable bonds is 4. The molecule has 1 unspecified atom stereocenters. The zero-order valence-electron chi connectivity index (χ0n) is 13.0. The van der Waals surface area contributed by atoms with Crippen molar-refractivity contribution < 1.29 is 9.59 Å². The fraction of sp³-hybridized carbons (Fsp3) is 0.167. The van der Waals surface area contributed by atoms with Gasteiger partial charge in [0.2, 0.25) is 0 Å². The largest absolute Gasteiger partial charge is 0.277 e. The predicted octanol–water partition coefficient (Wildman–Crippen LogP) is 4.11. The fourth-order valence-corrected chi connectivity index (χ4v) is 3.07. The van der Waals surface area contributed by atoms with E-state index in [-0.39, 0.29) is 18.8 Å². The molecule has 0 aliphatic carbocycles. The zero-order chi connectivity index (χ0) is 18.0. The summed E-state index contributed by atoms with van der Waals surface area (Å²) in [6.07, 6.45) is 0. The number of hydrogen-bond acceptors (Lipinski definition) is 3. The maximum atomic E-state index is 12.5. The van der Waals surface area contributed by atoms with Crippen LogP contribution in [-0.2, 0) is 22.7 Å². The maximum Gasteiger partial charge on any atom is 0.276 e. The van der Waals surface area contributed by atoms with Gasteiger partial charge in [0.25, 0.3) is 11.8 Å². The Labute approximate surface area is 160 Å². The highest BCUT2D eigenvalue weighted by atomic mass is 35.5. The second kappa shape index (κ2) is 7.56. The number of imide groups is 1. The number of carbonyl (C=O) groups excluding carboxylic acids is 2. The highest BCUT2D eigenvalue weighted by Gasteiger charge is 2.43. The highest BCUT2D eigenvalue weighted by Crippen LogP contribution is 2.22. The van der Waals surface area contributed by atoms with Gasteiger partial charge in [-0.2, -0.15) is 0 Å². The minimum atomic E-state index is -1.08. The Kier molecular flexibility index (Phi) is 5.42. The Morgan fingerprint density at radius 3 is 2.36 bits per heavy atom. The van der Waals surface area contributed by atoms with Crippen molar-refractivity contribution in [1.82, 2.24) is 4.90 Å². The van der Waals surface area contributed by atoms with Crippen molar-refractivity contribution in [2.75, 3.05) is 0 Å². The SMILES string of the molecule is O=C1C(=NCc2ccccc2Cl)C(Cl)C(=O)N1Cc1ccc(Cl)cc1. The first-order valence-corrected chi connectivity index (χ1v) is 8.68. The normalized spacial score (nSPS) is 19.1. The molecule has 7 heteroatoms. The summed E-state index contributed by atoms with van der Waals surface area (Å²) in [5.74, 6) is -0.952. The zero-order valence-corrected chi connectivity index (χ0v) is 15.2. The average Bonchev–Trinajstić information content (AvgIpc) is 2.80. The first kappa shape index (κ1) is 17.9. The number of nitrogens with zero attached hydrogens (tertiary/aromatic N) is 2. The van der Waals surface area contributed by atoms with Gasteiger partial charge in [-0.1, -0.05) is 53.5 Å². The van der Waals surface area contributed by atoms with Crippen LogP contribution in [0.4, 0.5) is 0 Å². The molecule has 1 fully saturated rings. The van der Waals surface area contributed by atoms with E-state index >= 15 is 0 Å². The van der Waals surface area contributed by atoms with Crippen molar-refractivity contribution in [1.29, 1.82) is 0 Å². The van der Waals surface area contributed by atoms with Crippen LogP contribution in [-0.4, -0.2) is 27.8 Å². The Hall–Kier alpha value is -1.88. The quantitative estimate of drug-likeness (QED) is 0.578. The van der Waals surface area contributed by atoms with Crippen LogP contribution in [0.3, 0.4) is 0 Å². The molecule has 1 saturated heterocycles. The fourth-order valence-electron chi connectivity index (χ4n) is 2.47. The van der Waals surface area contributed by atoms with Crippen LogP contribution < -0.4 is 0 Å². The van der Waals surface area contributed by atoms with Crippen LogP contribution in [0.5, 0.6) is 0 Å². The Balaban J connectivity index is 1.79. The number of carbonyl (C=O) groups is 2. The van der Waals surface area contributed by atoms with Gasteiger partial charge < -0.3 is 0 Å². The van der Waals surface area contributed by atoms with Gasteiger partial charge >= 0.3 is 0 Å². The van der Waals surface area contributed by atoms with Gasteiger partial charge in [0.1, 0.15) is 5.71 Å². The molecule has 0 spiro atoms. The molecule has 1 atom stereocenters. The first-order valence-electron chi connectivity index (χ1n) is 7.49. The van der Waals surface area contributed by atoms with Crippen LogP contribution in [0.15, 0.2) is 53.5 Å². The summed E-state index contributed by atoms with van der Waals surface area (Å²) >= 11 is 18.0.